The summed E-state index contributed by atoms with van der Waals surface area (Å²) in [6.45, 7) is 6.85. The Morgan fingerprint density at radius 1 is 1.10 bits per heavy atom. The molecule has 0 aromatic heterocycles. The quantitative estimate of drug-likeness (QED) is 0.886. The van der Waals surface area contributed by atoms with Crippen LogP contribution < -0.4 is 5.32 Å². The van der Waals surface area contributed by atoms with E-state index in [2.05, 4.69) is 31.1 Å². The molecule has 2 atom stereocenters. The molecule has 3 rings (SSSR count). The molecule has 2 heterocycles. The van der Waals surface area contributed by atoms with Crippen LogP contribution in [0.25, 0.3) is 0 Å². The van der Waals surface area contributed by atoms with Gasteiger partial charge in [-0.3, -0.25) is 4.90 Å². The number of hydrogen-bond donors (Lipinski definition) is 1. The van der Waals surface area contributed by atoms with Crippen molar-refractivity contribution in [1.82, 2.24) is 14.5 Å². The molecule has 21 heavy (non-hydrogen) atoms. The van der Waals surface area contributed by atoms with Crippen LogP contribution in [0.1, 0.15) is 25.0 Å². The molecule has 116 valence electrons. The molecule has 0 amide bonds. The molecule has 2 aliphatic heterocycles. The third kappa shape index (κ3) is 2.61. The summed E-state index contributed by atoms with van der Waals surface area (Å²) < 4.78 is 27.4. The lowest BCUT2D eigenvalue weighted by molar-refractivity contribution is 0.105. The monoisotopic (exact) mass is 309 g/mol. The molecule has 0 radical (unpaired) electrons. The Morgan fingerprint density at radius 2 is 1.71 bits per heavy atom. The van der Waals surface area contributed by atoms with Gasteiger partial charge in [0, 0.05) is 38.3 Å². The number of benzene rings is 1. The van der Waals surface area contributed by atoms with Crippen molar-refractivity contribution in [2.75, 3.05) is 20.1 Å². The topological polar surface area (TPSA) is 52.7 Å². The van der Waals surface area contributed by atoms with Gasteiger partial charge in [-0.15, -0.1) is 0 Å². The number of likely N-dealkylation sites (N-methyl/N-ethyl adjacent to an activating group) is 1. The summed E-state index contributed by atoms with van der Waals surface area (Å²) in [6.07, 6.45) is 0. The molecule has 1 fully saturated rings. The van der Waals surface area contributed by atoms with Crippen molar-refractivity contribution in [3.63, 3.8) is 0 Å². The van der Waals surface area contributed by atoms with Gasteiger partial charge in [0.15, 0.2) is 0 Å². The Labute approximate surface area is 127 Å². The third-order valence-electron chi connectivity index (χ3n) is 4.77. The van der Waals surface area contributed by atoms with Gasteiger partial charge in [-0.1, -0.05) is 6.07 Å². The van der Waals surface area contributed by atoms with Gasteiger partial charge in [-0.2, -0.15) is 4.31 Å². The van der Waals surface area contributed by atoms with Gasteiger partial charge < -0.3 is 5.32 Å². The van der Waals surface area contributed by atoms with Crippen LogP contribution in [0, 0.1) is 0 Å². The van der Waals surface area contributed by atoms with Gasteiger partial charge in [0.1, 0.15) is 0 Å². The lowest BCUT2D eigenvalue weighted by Crippen LogP contribution is -2.56. The Bertz CT molecular complexity index is 632. The molecule has 1 aromatic carbocycles. The Morgan fingerprint density at radius 3 is 2.38 bits per heavy atom. The summed E-state index contributed by atoms with van der Waals surface area (Å²) in [5.41, 5.74) is 2.31. The van der Waals surface area contributed by atoms with Crippen molar-refractivity contribution < 1.29 is 8.42 Å². The van der Waals surface area contributed by atoms with Gasteiger partial charge in [-0.25, -0.2) is 8.42 Å². The fourth-order valence-electron chi connectivity index (χ4n) is 3.13. The zero-order chi connectivity index (χ0) is 15.2. The molecular formula is C15H23N3O2S. The molecule has 0 bridgehead atoms. The number of sulfonamides is 1. The van der Waals surface area contributed by atoms with E-state index in [1.807, 2.05) is 12.1 Å². The van der Waals surface area contributed by atoms with Crippen LogP contribution in [0.5, 0.6) is 0 Å². The molecule has 2 aliphatic rings. The van der Waals surface area contributed by atoms with E-state index in [4.69, 9.17) is 0 Å². The summed E-state index contributed by atoms with van der Waals surface area (Å²) in [5.74, 6) is 0. The van der Waals surface area contributed by atoms with Crippen LogP contribution in [0.2, 0.25) is 0 Å². The zero-order valence-electron chi connectivity index (χ0n) is 12.8. The Kier molecular flexibility index (Phi) is 3.81. The lowest BCUT2D eigenvalue weighted by atomic mass is 10.1. The predicted molar refractivity (Wildman–Crippen MR) is 82.4 cm³/mol. The standard InChI is InChI=1S/C15H23N3O2S/c1-11-9-18(10-12(2)17(11)3)21(19,20)15-5-4-13-7-16-8-14(13)6-15/h4-6,11-12,16H,7-10H2,1-3H3. The van der Waals surface area contributed by atoms with Crippen molar-refractivity contribution in [3.05, 3.63) is 29.3 Å². The van der Waals surface area contributed by atoms with E-state index in [0.717, 1.165) is 18.7 Å². The molecule has 0 saturated carbocycles. The van der Waals surface area contributed by atoms with Crippen molar-refractivity contribution in [3.8, 4) is 0 Å². The molecule has 1 aromatic rings. The summed E-state index contributed by atoms with van der Waals surface area (Å²) in [6, 6.07) is 5.98. The van der Waals surface area contributed by atoms with E-state index >= 15 is 0 Å². The van der Waals surface area contributed by atoms with Gasteiger partial charge in [0.05, 0.1) is 4.90 Å². The van der Waals surface area contributed by atoms with E-state index in [1.54, 1.807) is 10.4 Å². The van der Waals surface area contributed by atoms with Gasteiger partial charge in [0.25, 0.3) is 0 Å². The fraction of sp³-hybridized carbons (Fsp3) is 0.600. The number of nitrogens with one attached hydrogen (secondary N) is 1. The molecule has 1 saturated heterocycles. The predicted octanol–water partition coefficient (Wildman–Crippen LogP) is 1.00. The first-order valence-corrected chi connectivity index (χ1v) is 8.88. The highest BCUT2D eigenvalue weighted by molar-refractivity contribution is 7.89. The Hall–Kier alpha value is -0.950. The first-order chi connectivity index (χ1) is 9.89. The van der Waals surface area contributed by atoms with Crippen LogP contribution in [-0.2, 0) is 23.1 Å². The fourth-order valence-corrected chi connectivity index (χ4v) is 4.79. The third-order valence-corrected chi connectivity index (χ3v) is 6.60. The second kappa shape index (κ2) is 5.35. The molecule has 5 nitrogen and oxygen atoms in total. The normalized spacial score (nSPS) is 27.8. The summed E-state index contributed by atoms with van der Waals surface area (Å²) >= 11 is 0. The highest BCUT2D eigenvalue weighted by Crippen LogP contribution is 2.25. The number of rotatable bonds is 2. The largest absolute Gasteiger partial charge is 0.309 e. The molecule has 2 unspecified atom stereocenters. The zero-order valence-corrected chi connectivity index (χ0v) is 13.7. The van der Waals surface area contributed by atoms with E-state index in [0.29, 0.717) is 18.0 Å². The molecular weight excluding hydrogens is 286 g/mol. The second-order valence-corrected chi connectivity index (χ2v) is 8.16. The molecule has 1 N–H and O–H groups in total. The van der Waals surface area contributed by atoms with E-state index < -0.39 is 10.0 Å². The van der Waals surface area contributed by atoms with Crippen LogP contribution in [0.4, 0.5) is 0 Å². The maximum atomic E-state index is 12.9. The van der Waals surface area contributed by atoms with Crippen molar-refractivity contribution in [2.45, 2.75) is 43.9 Å². The highest BCUT2D eigenvalue weighted by atomic mass is 32.2. The average Bonchev–Trinajstić information content (AvgIpc) is 2.91. The van der Waals surface area contributed by atoms with Gasteiger partial charge in [-0.05, 0) is 44.2 Å². The first kappa shape index (κ1) is 15.0. The van der Waals surface area contributed by atoms with E-state index in [1.165, 1.54) is 5.56 Å². The van der Waals surface area contributed by atoms with Crippen LogP contribution >= 0.6 is 0 Å². The molecule has 6 heteroatoms. The first-order valence-electron chi connectivity index (χ1n) is 7.44. The minimum absolute atomic E-state index is 0.236. The Balaban J connectivity index is 1.90. The van der Waals surface area contributed by atoms with Crippen molar-refractivity contribution in [2.24, 2.45) is 0 Å². The smallest absolute Gasteiger partial charge is 0.243 e. The van der Waals surface area contributed by atoms with Crippen molar-refractivity contribution >= 4 is 10.0 Å². The summed E-state index contributed by atoms with van der Waals surface area (Å²) in [5, 5.41) is 3.25. The minimum atomic E-state index is -3.39. The minimum Gasteiger partial charge on any atom is -0.309 e. The van der Waals surface area contributed by atoms with Crippen LogP contribution in [0.3, 0.4) is 0 Å². The number of fused-ring (bicyclic) bond motifs is 1. The van der Waals surface area contributed by atoms with Gasteiger partial charge in [0.2, 0.25) is 10.0 Å². The van der Waals surface area contributed by atoms with E-state index in [9.17, 15) is 8.42 Å². The highest BCUT2D eigenvalue weighted by Gasteiger charge is 2.34. The van der Waals surface area contributed by atoms with Crippen molar-refractivity contribution in [1.29, 1.82) is 0 Å². The SMILES string of the molecule is CC1CN(S(=O)(=O)c2ccc3c(c2)CNC3)CC(C)N1C. The van der Waals surface area contributed by atoms with Gasteiger partial charge >= 0.3 is 0 Å². The maximum Gasteiger partial charge on any atom is 0.243 e. The lowest BCUT2D eigenvalue weighted by Gasteiger charge is -2.41. The summed E-state index contributed by atoms with van der Waals surface area (Å²) in [4.78, 5) is 2.66. The van der Waals surface area contributed by atoms with Crippen LogP contribution in [-0.4, -0.2) is 49.8 Å². The van der Waals surface area contributed by atoms with E-state index in [-0.39, 0.29) is 12.1 Å². The van der Waals surface area contributed by atoms with Crippen LogP contribution in [0.15, 0.2) is 23.1 Å². The average molecular weight is 309 g/mol. The molecule has 0 aliphatic carbocycles. The summed E-state index contributed by atoms with van der Waals surface area (Å²) in [7, 11) is -1.34. The maximum absolute atomic E-state index is 12.9. The number of piperazine rings is 1. The second-order valence-electron chi connectivity index (χ2n) is 6.22. The number of hydrogen-bond acceptors (Lipinski definition) is 4. The number of nitrogens with zero attached hydrogens (tertiary/aromatic N) is 2. The molecule has 0 spiro atoms.